The first kappa shape index (κ1) is 32.0. The molecule has 0 aromatic carbocycles. The SMILES string of the molecule is COc1nc(N)nc2c1ncn2[C@H]1C=C[C@@H](COP(=O)(OCCSC(=O)C(C)(C)C)N(C(C)C)[C@@H](C)C(=O)O)C1. The van der Waals surface area contributed by atoms with Gasteiger partial charge in [0, 0.05) is 23.1 Å². The fourth-order valence-corrected chi connectivity index (χ4v) is 7.33. The van der Waals surface area contributed by atoms with Crippen molar-refractivity contribution < 1.29 is 33.0 Å². The number of allylic oxidation sites excluding steroid dienone is 1. The zero-order valence-corrected chi connectivity index (χ0v) is 25.6. The summed E-state index contributed by atoms with van der Waals surface area (Å²) < 4.78 is 34.3. The Morgan fingerprint density at radius 2 is 1.95 bits per heavy atom. The number of aromatic nitrogens is 4. The molecule has 0 bridgehead atoms. The maximum Gasteiger partial charge on any atom is 0.409 e. The second-order valence-electron chi connectivity index (χ2n) is 10.8. The molecule has 1 aliphatic rings. The molecule has 222 valence electrons. The van der Waals surface area contributed by atoms with Crippen molar-refractivity contribution in [1.29, 1.82) is 0 Å². The van der Waals surface area contributed by atoms with Gasteiger partial charge in [-0.05, 0) is 27.2 Å². The highest BCUT2D eigenvalue weighted by Gasteiger charge is 2.42. The smallest absolute Gasteiger partial charge is 0.409 e. The zero-order chi connectivity index (χ0) is 29.8. The topological polar surface area (TPSA) is 172 Å². The molecule has 1 aliphatic carbocycles. The molecular formula is C25H39N6O7PS. The van der Waals surface area contributed by atoms with Crippen molar-refractivity contribution in [2.75, 3.05) is 31.8 Å². The van der Waals surface area contributed by atoms with Gasteiger partial charge in [-0.1, -0.05) is 44.7 Å². The van der Waals surface area contributed by atoms with E-state index >= 15 is 0 Å². The van der Waals surface area contributed by atoms with Crippen LogP contribution < -0.4 is 10.5 Å². The molecule has 2 aromatic heterocycles. The van der Waals surface area contributed by atoms with Crippen LogP contribution in [0.5, 0.6) is 5.88 Å². The van der Waals surface area contributed by atoms with Crippen LogP contribution in [0, 0.1) is 11.3 Å². The van der Waals surface area contributed by atoms with Crippen molar-refractivity contribution in [1.82, 2.24) is 24.2 Å². The number of aliphatic carboxylic acids is 1. The van der Waals surface area contributed by atoms with E-state index in [2.05, 4.69) is 15.0 Å². The van der Waals surface area contributed by atoms with Crippen molar-refractivity contribution >= 4 is 47.7 Å². The van der Waals surface area contributed by atoms with Crippen molar-refractivity contribution in [3.05, 3.63) is 18.5 Å². The fraction of sp³-hybridized carbons (Fsp3) is 0.640. The maximum absolute atomic E-state index is 14.1. The number of anilines is 1. The molecule has 1 unspecified atom stereocenters. The van der Waals surface area contributed by atoms with Gasteiger partial charge in [-0.15, -0.1) is 0 Å². The number of nitrogens with two attached hydrogens (primary N) is 1. The number of hydrogen-bond donors (Lipinski definition) is 2. The number of carboxylic acid groups (broad SMARTS) is 1. The molecule has 15 heteroatoms. The summed E-state index contributed by atoms with van der Waals surface area (Å²) in [5, 5.41) is 9.67. The first-order valence-electron chi connectivity index (χ1n) is 13.0. The number of hydrogen-bond acceptors (Lipinski definition) is 11. The lowest BCUT2D eigenvalue weighted by molar-refractivity contribution is -0.142. The minimum Gasteiger partial charge on any atom is -0.480 e. The van der Waals surface area contributed by atoms with Crippen molar-refractivity contribution in [3.63, 3.8) is 0 Å². The molecule has 2 aromatic rings. The summed E-state index contributed by atoms with van der Waals surface area (Å²) in [6.07, 6.45) is 6.14. The lowest BCUT2D eigenvalue weighted by Gasteiger charge is -2.36. The quantitative estimate of drug-likeness (QED) is 0.191. The molecule has 0 saturated carbocycles. The third-order valence-electron chi connectivity index (χ3n) is 6.31. The lowest BCUT2D eigenvalue weighted by Crippen LogP contribution is -2.42. The Morgan fingerprint density at radius 1 is 1.25 bits per heavy atom. The molecule has 3 N–H and O–H groups in total. The Hall–Kier alpha value is -2.51. The van der Waals surface area contributed by atoms with Crippen LogP contribution >= 0.6 is 19.5 Å². The highest BCUT2D eigenvalue weighted by atomic mass is 32.2. The number of carbonyl (C=O) groups excluding carboxylic acids is 1. The number of imidazole rings is 1. The number of carbonyl (C=O) groups is 2. The Balaban J connectivity index is 1.73. The Kier molecular flexibility index (Phi) is 10.4. The van der Waals surface area contributed by atoms with E-state index in [0.29, 0.717) is 17.6 Å². The van der Waals surface area contributed by atoms with Crippen LogP contribution in [0.4, 0.5) is 5.95 Å². The summed E-state index contributed by atoms with van der Waals surface area (Å²) in [5.74, 6) is -0.696. The number of nitrogen functional groups attached to an aromatic ring is 1. The van der Waals surface area contributed by atoms with Crippen LogP contribution in [0.3, 0.4) is 0 Å². The molecule has 0 aliphatic heterocycles. The zero-order valence-electron chi connectivity index (χ0n) is 23.9. The van der Waals surface area contributed by atoms with Gasteiger partial charge in [-0.3, -0.25) is 18.6 Å². The van der Waals surface area contributed by atoms with Gasteiger partial charge in [0.2, 0.25) is 11.8 Å². The van der Waals surface area contributed by atoms with E-state index in [4.69, 9.17) is 19.5 Å². The summed E-state index contributed by atoms with van der Waals surface area (Å²) >= 11 is 1.08. The average Bonchev–Trinajstić information content (AvgIpc) is 3.50. The number of ether oxygens (including phenoxy) is 1. The second kappa shape index (κ2) is 13.0. The number of rotatable bonds is 13. The van der Waals surface area contributed by atoms with E-state index in [1.165, 1.54) is 18.7 Å². The summed E-state index contributed by atoms with van der Waals surface area (Å²) in [4.78, 5) is 36.9. The van der Waals surface area contributed by atoms with E-state index in [-0.39, 0.29) is 47.9 Å². The molecule has 40 heavy (non-hydrogen) atoms. The number of fused-ring (bicyclic) bond motifs is 1. The largest absolute Gasteiger partial charge is 0.480 e. The predicted molar refractivity (Wildman–Crippen MR) is 153 cm³/mol. The van der Waals surface area contributed by atoms with E-state index in [0.717, 1.165) is 11.8 Å². The molecule has 0 amide bonds. The first-order chi connectivity index (χ1) is 18.7. The molecule has 0 radical (unpaired) electrons. The van der Waals surface area contributed by atoms with Crippen LogP contribution in [0.1, 0.15) is 54.0 Å². The standard InChI is InChI=1S/C25H39N6O7PS/c1-15(2)31(16(3)22(32)33)39(35,37-10-11-40-23(34)25(4,5)6)38-13-17-8-9-18(12-17)30-14-27-19-20(30)28-24(26)29-21(19)36-7/h8-9,14-18H,10-13H2,1-7H3,(H,32,33)(H2,26,28,29)/t16-,17+,18-,39?/m0/s1. The van der Waals surface area contributed by atoms with E-state index < -0.39 is 31.2 Å². The Morgan fingerprint density at radius 3 is 2.55 bits per heavy atom. The summed E-state index contributed by atoms with van der Waals surface area (Å²) in [6, 6.07) is -1.71. The third kappa shape index (κ3) is 7.41. The molecule has 4 atom stereocenters. The van der Waals surface area contributed by atoms with Crippen LogP contribution in [0.15, 0.2) is 18.5 Å². The van der Waals surface area contributed by atoms with E-state index in [1.54, 1.807) is 20.2 Å². The van der Waals surface area contributed by atoms with Gasteiger partial charge in [-0.2, -0.15) is 14.6 Å². The van der Waals surface area contributed by atoms with Gasteiger partial charge in [0.25, 0.3) is 0 Å². The van der Waals surface area contributed by atoms with Gasteiger partial charge in [0.15, 0.2) is 16.3 Å². The van der Waals surface area contributed by atoms with E-state index in [1.807, 2.05) is 37.5 Å². The molecular weight excluding hydrogens is 559 g/mol. The first-order valence-corrected chi connectivity index (χ1v) is 15.5. The van der Waals surface area contributed by atoms with Crippen LogP contribution in [-0.4, -0.2) is 78.5 Å². The summed E-state index contributed by atoms with van der Waals surface area (Å²) in [5.41, 5.74) is 6.33. The molecule has 0 spiro atoms. The van der Waals surface area contributed by atoms with Crippen molar-refractivity contribution in [2.24, 2.45) is 11.3 Å². The second-order valence-corrected chi connectivity index (χ2v) is 13.8. The highest BCUT2D eigenvalue weighted by Crippen LogP contribution is 2.55. The number of methoxy groups -OCH3 is 1. The van der Waals surface area contributed by atoms with Gasteiger partial charge < -0.3 is 20.1 Å². The fourth-order valence-electron chi connectivity index (χ4n) is 4.29. The average molecular weight is 599 g/mol. The van der Waals surface area contributed by atoms with Gasteiger partial charge >= 0.3 is 13.7 Å². The molecule has 3 rings (SSSR count). The molecule has 0 fully saturated rings. The van der Waals surface area contributed by atoms with Gasteiger partial charge in [0.1, 0.15) is 6.04 Å². The van der Waals surface area contributed by atoms with Gasteiger partial charge in [0.05, 0.1) is 32.7 Å². The normalized spacial score (nSPS) is 19.8. The highest BCUT2D eigenvalue weighted by molar-refractivity contribution is 8.13. The number of thioether (sulfide) groups is 1. The molecule has 13 nitrogen and oxygen atoms in total. The van der Waals surface area contributed by atoms with E-state index in [9.17, 15) is 19.3 Å². The van der Waals surface area contributed by atoms with Gasteiger partial charge in [-0.25, -0.2) is 9.55 Å². The minimum atomic E-state index is -4.06. The summed E-state index contributed by atoms with van der Waals surface area (Å²) in [7, 11) is -2.58. The Labute approximate surface area is 238 Å². The summed E-state index contributed by atoms with van der Waals surface area (Å²) in [6.45, 7) is 10.3. The number of carboxylic acids is 1. The minimum absolute atomic E-state index is 0.0229. The predicted octanol–water partition coefficient (Wildman–Crippen LogP) is 4.17. The molecule has 2 heterocycles. The number of nitrogens with zero attached hydrogens (tertiary/aromatic N) is 5. The van der Waals surface area contributed by atoms with Crippen LogP contribution in [0.2, 0.25) is 0 Å². The van der Waals surface area contributed by atoms with Crippen LogP contribution in [-0.2, 0) is 23.2 Å². The van der Waals surface area contributed by atoms with Crippen molar-refractivity contribution in [3.8, 4) is 5.88 Å². The lowest BCUT2D eigenvalue weighted by atomic mass is 10.00. The molecule has 0 saturated heterocycles. The van der Waals surface area contributed by atoms with Crippen molar-refractivity contribution in [2.45, 2.75) is 66.1 Å². The third-order valence-corrected chi connectivity index (χ3v) is 9.91. The monoisotopic (exact) mass is 598 g/mol. The maximum atomic E-state index is 14.1. The van der Waals surface area contributed by atoms with Crippen LogP contribution in [0.25, 0.3) is 11.2 Å². The Bertz CT molecular complexity index is 1290.